The lowest BCUT2D eigenvalue weighted by molar-refractivity contribution is 0.466. The molecule has 0 aliphatic heterocycles. The molecule has 2 rings (SSSR count). The van der Waals surface area contributed by atoms with Gasteiger partial charge in [-0.1, -0.05) is 20.8 Å². The Labute approximate surface area is 126 Å². The van der Waals surface area contributed by atoms with E-state index in [-0.39, 0.29) is 11.5 Å². The van der Waals surface area contributed by atoms with Crippen molar-refractivity contribution in [3.8, 4) is 0 Å². The molecular weight excluding hydrogens is 264 g/mol. The summed E-state index contributed by atoms with van der Waals surface area (Å²) in [5, 5.41) is 6.46. The molecule has 0 aromatic carbocycles. The van der Waals surface area contributed by atoms with Crippen molar-refractivity contribution in [3.63, 3.8) is 0 Å². The minimum absolute atomic E-state index is 0.0473. The Balaban J connectivity index is 2.27. The first-order valence-electron chi connectivity index (χ1n) is 7.20. The number of anilines is 2. The lowest BCUT2D eigenvalue weighted by atomic mass is 9.96. The number of aromatic nitrogens is 2. The van der Waals surface area contributed by atoms with E-state index >= 15 is 0 Å². The molecule has 5 nitrogen and oxygen atoms in total. The topological polar surface area (TPSA) is 63.0 Å². The van der Waals surface area contributed by atoms with Gasteiger partial charge in [0.15, 0.2) is 0 Å². The van der Waals surface area contributed by atoms with Crippen molar-refractivity contribution in [1.29, 1.82) is 0 Å². The van der Waals surface area contributed by atoms with E-state index in [9.17, 15) is 0 Å². The molecule has 1 atom stereocenters. The second kappa shape index (κ2) is 5.76. The first-order chi connectivity index (χ1) is 9.79. The highest BCUT2D eigenvalue weighted by Gasteiger charge is 2.20. The molecule has 0 aliphatic rings. The first kappa shape index (κ1) is 15.4. The van der Waals surface area contributed by atoms with Crippen molar-refractivity contribution in [2.75, 3.05) is 17.7 Å². The maximum atomic E-state index is 5.65. The zero-order valence-corrected chi connectivity index (χ0v) is 13.6. The van der Waals surface area contributed by atoms with Gasteiger partial charge in [0, 0.05) is 18.5 Å². The average molecular weight is 288 g/mol. The van der Waals surface area contributed by atoms with E-state index in [1.54, 1.807) is 0 Å². The molecular formula is C16H24N4O. The van der Waals surface area contributed by atoms with Crippen molar-refractivity contribution in [2.45, 2.75) is 46.1 Å². The fraction of sp³-hybridized carbons (Fsp3) is 0.500. The fourth-order valence-electron chi connectivity index (χ4n) is 1.96. The SMILES string of the molecule is CNc1cc(NC(C)c2ccc(C)o2)nc(C(C)(C)C)n1. The Morgan fingerprint density at radius 1 is 1.14 bits per heavy atom. The molecule has 2 heterocycles. The van der Waals surface area contributed by atoms with Crippen LogP contribution in [0.4, 0.5) is 11.6 Å². The smallest absolute Gasteiger partial charge is 0.138 e. The highest BCUT2D eigenvalue weighted by atomic mass is 16.3. The second-order valence-corrected chi connectivity index (χ2v) is 6.28. The Hall–Kier alpha value is -2.04. The van der Waals surface area contributed by atoms with Crippen molar-refractivity contribution in [1.82, 2.24) is 9.97 Å². The summed E-state index contributed by atoms with van der Waals surface area (Å²) in [5.74, 6) is 4.21. The maximum Gasteiger partial charge on any atom is 0.138 e. The predicted molar refractivity (Wildman–Crippen MR) is 85.8 cm³/mol. The minimum Gasteiger partial charge on any atom is -0.464 e. The van der Waals surface area contributed by atoms with Crippen LogP contribution in [0.5, 0.6) is 0 Å². The monoisotopic (exact) mass is 288 g/mol. The first-order valence-corrected chi connectivity index (χ1v) is 7.20. The summed E-state index contributed by atoms with van der Waals surface area (Å²) in [4.78, 5) is 9.14. The van der Waals surface area contributed by atoms with E-state index in [0.29, 0.717) is 0 Å². The molecule has 0 radical (unpaired) electrons. The van der Waals surface area contributed by atoms with Crippen LogP contribution in [-0.2, 0) is 5.41 Å². The summed E-state index contributed by atoms with van der Waals surface area (Å²) in [6, 6.07) is 5.90. The summed E-state index contributed by atoms with van der Waals surface area (Å²) in [6.07, 6.45) is 0. The van der Waals surface area contributed by atoms with Crippen LogP contribution >= 0.6 is 0 Å². The van der Waals surface area contributed by atoms with Crippen LogP contribution in [0, 0.1) is 6.92 Å². The largest absolute Gasteiger partial charge is 0.464 e. The van der Waals surface area contributed by atoms with Crippen LogP contribution in [0.2, 0.25) is 0 Å². The molecule has 0 aliphatic carbocycles. The molecule has 0 bridgehead atoms. The molecule has 0 saturated heterocycles. The molecule has 2 N–H and O–H groups in total. The number of rotatable bonds is 4. The number of hydrogen-bond donors (Lipinski definition) is 2. The van der Waals surface area contributed by atoms with Gasteiger partial charge in [0.25, 0.3) is 0 Å². The van der Waals surface area contributed by atoms with Gasteiger partial charge in [-0.15, -0.1) is 0 Å². The Morgan fingerprint density at radius 2 is 1.81 bits per heavy atom. The van der Waals surface area contributed by atoms with E-state index in [0.717, 1.165) is 29.0 Å². The lowest BCUT2D eigenvalue weighted by Gasteiger charge is -2.20. The molecule has 114 valence electrons. The summed E-state index contributed by atoms with van der Waals surface area (Å²) in [5.41, 5.74) is -0.103. The van der Waals surface area contributed by atoms with Gasteiger partial charge in [0.1, 0.15) is 29.0 Å². The van der Waals surface area contributed by atoms with Crippen LogP contribution in [-0.4, -0.2) is 17.0 Å². The standard InChI is InChI=1S/C16H24N4O/c1-10-7-8-12(21-10)11(2)18-14-9-13(17-6)19-15(20-14)16(3,4)5/h7-9,11H,1-6H3,(H2,17,18,19,20). The molecule has 0 fully saturated rings. The molecule has 21 heavy (non-hydrogen) atoms. The number of nitrogens with zero attached hydrogens (tertiary/aromatic N) is 2. The van der Waals surface area contributed by atoms with Crippen LogP contribution in [0.15, 0.2) is 22.6 Å². The summed E-state index contributed by atoms with van der Waals surface area (Å²) < 4.78 is 5.65. The molecule has 1 unspecified atom stereocenters. The maximum absolute atomic E-state index is 5.65. The van der Waals surface area contributed by atoms with Gasteiger partial charge in [-0.05, 0) is 26.0 Å². The van der Waals surface area contributed by atoms with E-state index in [1.165, 1.54) is 0 Å². The summed E-state index contributed by atoms with van der Waals surface area (Å²) in [7, 11) is 1.86. The van der Waals surface area contributed by atoms with E-state index in [4.69, 9.17) is 4.42 Å². The second-order valence-electron chi connectivity index (χ2n) is 6.28. The third kappa shape index (κ3) is 3.74. The highest BCUT2D eigenvalue weighted by molar-refractivity contribution is 5.48. The number of aryl methyl sites for hydroxylation is 1. The lowest BCUT2D eigenvalue weighted by Crippen LogP contribution is -2.18. The third-order valence-corrected chi connectivity index (χ3v) is 3.21. The Morgan fingerprint density at radius 3 is 2.33 bits per heavy atom. The Bertz CT molecular complexity index is 613. The highest BCUT2D eigenvalue weighted by Crippen LogP contribution is 2.25. The van der Waals surface area contributed by atoms with Crippen LogP contribution in [0.25, 0.3) is 0 Å². The van der Waals surface area contributed by atoms with Gasteiger partial charge in [0.05, 0.1) is 6.04 Å². The molecule has 5 heteroatoms. The molecule has 0 spiro atoms. The Kier molecular flexibility index (Phi) is 4.21. The third-order valence-electron chi connectivity index (χ3n) is 3.21. The van der Waals surface area contributed by atoms with Crippen LogP contribution in [0.1, 0.15) is 51.1 Å². The van der Waals surface area contributed by atoms with Gasteiger partial charge in [-0.3, -0.25) is 0 Å². The average Bonchev–Trinajstić information content (AvgIpc) is 2.84. The van der Waals surface area contributed by atoms with Gasteiger partial charge >= 0.3 is 0 Å². The van der Waals surface area contributed by atoms with E-state index in [2.05, 4.69) is 48.3 Å². The number of nitrogens with one attached hydrogen (secondary N) is 2. The normalized spacial score (nSPS) is 13.0. The van der Waals surface area contributed by atoms with Crippen LogP contribution < -0.4 is 10.6 Å². The van der Waals surface area contributed by atoms with Crippen molar-refractivity contribution in [2.24, 2.45) is 0 Å². The van der Waals surface area contributed by atoms with Crippen molar-refractivity contribution < 1.29 is 4.42 Å². The number of furan rings is 1. The molecule has 0 amide bonds. The quantitative estimate of drug-likeness (QED) is 0.893. The van der Waals surface area contributed by atoms with Gasteiger partial charge in [-0.2, -0.15) is 0 Å². The molecule has 0 saturated carbocycles. The predicted octanol–water partition coefficient (Wildman–Crippen LogP) is 3.89. The number of hydrogen-bond acceptors (Lipinski definition) is 5. The van der Waals surface area contributed by atoms with Gasteiger partial charge in [-0.25, -0.2) is 9.97 Å². The van der Waals surface area contributed by atoms with Gasteiger partial charge < -0.3 is 15.1 Å². The van der Waals surface area contributed by atoms with Gasteiger partial charge in [0.2, 0.25) is 0 Å². The summed E-state index contributed by atoms with van der Waals surface area (Å²) in [6.45, 7) is 10.3. The summed E-state index contributed by atoms with van der Waals surface area (Å²) >= 11 is 0. The van der Waals surface area contributed by atoms with E-state index in [1.807, 2.05) is 32.2 Å². The van der Waals surface area contributed by atoms with Crippen LogP contribution in [0.3, 0.4) is 0 Å². The zero-order valence-electron chi connectivity index (χ0n) is 13.6. The molecule has 2 aromatic heterocycles. The van der Waals surface area contributed by atoms with Crippen molar-refractivity contribution >= 4 is 11.6 Å². The molecule has 2 aromatic rings. The van der Waals surface area contributed by atoms with E-state index < -0.39 is 0 Å². The minimum atomic E-state index is -0.103. The van der Waals surface area contributed by atoms with Crippen molar-refractivity contribution in [3.05, 3.63) is 35.5 Å². The zero-order chi connectivity index (χ0) is 15.6. The fourth-order valence-corrected chi connectivity index (χ4v) is 1.96.